The van der Waals surface area contributed by atoms with Crippen LogP contribution in [0, 0.1) is 0 Å². The minimum absolute atomic E-state index is 0.542. The Morgan fingerprint density at radius 1 is 1.44 bits per heavy atom. The van der Waals surface area contributed by atoms with E-state index >= 15 is 0 Å². The van der Waals surface area contributed by atoms with Crippen LogP contribution in [0.2, 0.25) is 0 Å². The summed E-state index contributed by atoms with van der Waals surface area (Å²) in [5.74, 6) is 0. The lowest BCUT2D eigenvalue weighted by Gasteiger charge is -2.39. The Labute approximate surface area is 109 Å². The van der Waals surface area contributed by atoms with Gasteiger partial charge in [-0.05, 0) is 36.6 Å². The number of benzene rings is 1. The van der Waals surface area contributed by atoms with Crippen LogP contribution in [0.3, 0.4) is 0 Å². The van der Waals surface area contributed by atoms with Crippen LogP contribution in [0.5, 0.6) is 0 Å². The third-order valence-electron chi connectivity index (χ3n) is 4.12. The summed E-state index contributed by atoms with van der Waals surface area (Å²) in [5, 5.41) is 3.45. The number of ether oxygens (including phenoxy) is 1. The lowest BCUT2D eigenvalue weighted by atomic mass is 9.97. The van der Waals surface area contributed by atoms with E-state index in [-0.39, 0.29) is 0 Å². The first-order chi connectivity index (χ1) is 8.90. The first-order valence-corrected chi connectivity index (χ1v) is 7.06. The van der Waals surface area contributed by atoms with Crippen molar-refractivity contribution in [2.24, 2.45) is 0 Å². The predicted octanol–water partition coefficient (Wildman–Crippen LogP) is 1.95. The average molecular weight is 246 g/mol. The zero-order valence-electron chi connectivity index (χ0n) is 11.1. The summed E-state index contributed by atoms with van der Waals surface area (Å²) in [5.41, 5.74) is 4.47. The van der Waals surface area contributed by atoms with Crippen molar-refractivity contribution in [3.8, 4) is 0 Å². The van der Waals surface area contributed by atoms with E-state index in [0.717, 1.165) is 45.7 Å². The summed E-state index contributed by atoms with van der Waals surface area (Å²) in [7, 11) is 0. The van der Waals surface area contributed by atoms with E-state index in [0.29, 0.717) is 6.04 Å². The van der Waals surface area contributed by atoms with Crippen LogP contribution in [0.4, 0.5) is 5.69 Å². The Balaban J connectivity index is 1.95. The predicted molar refractivity (Wildman–Crippen MR) is 74.1 cm³/mol. The SMILES string of the molecule is CCC1COCCN1c1cccc2c1CCNC2. The fourth-order valence-corrected chi connectivity index (χ4v) is 3.09. The molecule has 0 amide bonds. The van der Waals surface area contributed by atoms with Crippen molar-refractivity contribution < 1.29 is 4.74 Å². The number of rotatable bonds is 2. The van der Waals surface area contributed by atoms with Crippen LogP contribution >= 0.6 is 0 Å². The zero-order chi connectivity index (χ0) is 12.4. The molecule has 3 nitrogen and oxygen atoms in total. The van der Waals surface area contributed by atoms with Crippen molar-refractivity contribution in [2.75, 3.05) is 31.2 Å². The zero-order valence-corrected chi connectivity index (χ0v) is 11.1. The fraction of sp³-hybridized carbons (Fsp3) is 0.600. The highest BCUT2D eigenvalue weighted by Crippen LogP contribution is 2.29. The Bertz CT molecular complexity index is 419. The molecule has 0 saturated carbocycles. The lowest BCUT2D eigenvalue weighted by molar-refractivity contribution is 0.0929. The molecule has 0 radical (unpaired) electrons. The van der Waals surface area contributed by atoms with E-state index in [1.54, 1.807) is 5.56 Å². The van der Waals surface area contributed by atoms with E-state index in [2.05, 4.69) is 35.3 Å². The van der Waals surface area contributed by atoms with Crippen LogP contribution in [0.1, 0.15) is 24.5 Å². The molecule has 1 unspecified atom stereocenters. The van der Waals surface area contributed by atoms with Gasteiger partial charge in [0.2, 0.25) is 0 Å². The second kappa shape index (κ2) is 5.29. The van der Waals surface area contributed by atoms with E-state index in [9.17, 15) is 0 Å². The number of hydrogen-bond acceptors (Lipinski definition) is 3. The van der Waals surface area contributed by atoms with E-state index in [4.69, 9.17) is 4.74 Å². The number of nitrogens with zero attached hydrogens (tertiary/aromatic N) is 1. The van der Waals surface area contributed by atoms with Crippen molar-refractivity contribution in [1.29, 1.82) is 0 Å². The van der Waals surface area contributed by atoms with Gasteiger partial charge in [-0.15, -0.1) is 0 Å². The average Bonchev–Trinajstić information content (AvgIpc) is 2.46. The molecule has 0 bridgehead atoms. The second-order valence-corrected chi connectivity index (χ2v) is 5.17. The summed E-state index contributed by atoms with van der Waals surface area (Å²) < 4.78 is 5.61. The number of anilines is 1. The summed E-state index contributed by atoms with van der Waals surface area (Å²) >= 11 is 0. The summed E-state index contributed by atoms with van der Waals surface area (Å²) in [6.07, 6.45) is 2.31. The van der Waals surface area contributed by atoms with Crippen LogP contribution in [0.15, 0.2) is 18.2 Å². The minimum atomic E-state index is 0.542. The number of fused-ring (bicyclic) bond motifs is 1. The fourth-order valence-electron chi connectivity index (χ4n) is 3.09. The highest BCUT2D eigenvalue weighted by Gasteiger charge is 2.25. The van der Waals surface area contributed by atoms with Gasteiger partial charge in [-0.2, -0.15) is 0 Å². The molecular weight excluding hydrogens is 224 g/mol. The first kappa shape index (κ1) is 12.0. The molecule has 2 heterocycles. The first-order valence-electron chi connectivity index (χ1n) is 7.06. The van der Waals surface area contributed by atoms with Crippen LogP contribution in [-0.4, -0.2) is 32.3 Å². The van der Waals surface area contributed by atoms with Crippen molar-refractivity contribution in [3.63, 3.8) is 0 Å². The molecule has 98 valence electrons. The van der Waals surface area contributed by atoms with E-state index < -0.39 is 0 Å². The van der Waals surface area contributed by atoms with Crippen LogP contribution in [0.25, 0.3) is 0 Å². The molecule has 1 saturated heterocycles. The van der Waals surface area contributed by atoms with Gasteiger partial charge >= 0.3 is 0 Å². The molecule has 1 aromatic rings. The molecule has 3 heteroatoms. The van der Waals surface area contributed by atoms with E-state index in [1.807, 2.05) is 0 Å². The second-order valence-electron chi connectivity index (χ2n) is 5.17. The van der Waals surface area contributed by atoms with Crippen molar-refractivity contribution in [1.82, 2.24) is 5.32 Å². The van der Waals surface area contributed by atoms with Gasteiger partial charge in [-0.3, -0.25) is 0 Å². The molecule has 1 aromatic carbocycles. The lowest BCUT2D eigenvalue weighted by Crippen LogP contribution is -2.46. The topological polar surface area (TPSA) is 24.5 Å². The Kier molecular flexibility index (Phi) is 3.52. The quantitative estimate of drug-likeness (QED) is 0.863. The largest absolute Gasteiger partial charge is 0.377 e. The molecule has 0 aromatic heterocycles. The normalized spacial score (nSPS) is 23.8. The standard InChI is InChI=1S/C15H22N2O/c1-2-13-11-18-9-8-17(13)15-5-3-4-12-10-16-7-6-14(12)15/h3-5,13,16H,2,6-11H2,1H3. The van der Waals surface area contributed by atoms with Crippen molar-refractivity contribution >= 4 is 5.69 Å². The van der Waals surface area contributed by atoms with Gasteiger partial charge in [0, 0.05) is 18.8 Å². The molecule has 0 spiro atoms. The molecule has 18 heavy (non-hydrogen) atoms. The van der Waals surface area contributed by atoms with Gasteiger partial charge in [-0.1, -0.05) is 19.1 Å². The van der Waals surface area contributed by atoms with Gasteiger partial charge in [0.25, 0.3) is 0 Å². The smallest absolute Gasteiger partial charge is 0.0670 e. The molecule has 2 aliphatic heterocycles. The van der Waals surface area contributed by atoms with Crippen molar-refractivity contribution in [2.45, 2.75) is 32.4 Å². The van der Waals surface area contributed by atoms with Gasteiger partial charge in [0.15, 0.2) is 0 Å². The van der Waals surface area contributed by atoms with Crippen LogP contribution in [-0.2, 0) is 17.7 Å². The molecule has 1 fully saturated rings. The number of nitrogens with one attached hydrogen (secondary N) is 1. The van der Waals surface area contributed by atoms with Gasteiger partial charge in [0.1, 0.15) is 0 Å². The number of hydrogen-bond donors (Lipinski definition) is 1. The molecule has 3 rings (SSSR count). The molecular formula is C15H22N2O. The van der Waals surface area contributed by atoms with Gasteiger partial charge in [-0.25, -0.2) is 0 Å². The molecule has 1 atom stereocenters. The summed E-state index contributed by atoms with van der Waals surface area (Å²) in [6, 6.07) is 7.29. The minimum Gasteiger partial charge on any atom is -0.377 e. The third kappa shape index (κ3) is 2.13. The Morgan fingerprint density at radius 2 is 2.39 bits per heavy atom. The van der Waals surface area contributed by atoms with Gasteiger partial charge < -0.3 is 15.0 Å². The van der Waals surface area contributed by atoms with Crippen LogP contribution < -0.4 is 10.2 Å². The maximum absolute atomic E-state index is 5.61. The monoisotopic (exact) mass is 246 g/mol. The summed E-state index contributed by atoms with van der Waals surface area (Å²) in [4.78, 5) is 2.56. The maximum atomic E-state index is 5.61. The Hall–Kier alpha value is -1.06. The van der Waals surface area contributed by atoms with Crippen molar-refractivity contribution in [3.05, 3.63) is 29.3 Å². The molecule has 1 N–H and O–H groups in total. The summed E-state index contributed by atoms with van der Waals surface area (Å²) in [6.45, 7) is 7.14. The third-order valence-corrected chi connectivity index (χ3v) is 4.12. The molecule has 0 aliphatic carbocycles. The molecule has 2 aliphatic rings. The van der Waals surface area contributed by atoms with E-state index in [1.165, 1.54) is 11.3 Å². The number of morpholine rings is 1. The highest BCUT2D eigenvalue weighted by atomic mass is 16.5. The Morgan fingerprint density at radius 3 is 3.28 bits per heavy atom. The highest BCUT2D eigenvalue weighted by molar-refractivity contribution is 5.58. The van der Waals surface area contributed by atoms with Gasteiger partial charge in [0.05, 0.1) is 19.3 Å². The maximum Gasteiger partial charge on any atom is 0.0670 e.